The Labute approximate surface area is 141 Å². The smallest absolute Gasteiger partial charge is 0.169 e. The molecule has 3 aromatic rings. The van der Waals surface area contributed by atoms with E-state index in [0.717, 1.165) is 5.56 Å². The van der Waals surface area contributed by atoms with E-state index in [-0.39, 0.29) is 5.75 Å². The van der Waals surface area contributed by atoms with Crippen LogP contribution in [-0.4, -0.2) is 9.78 Å². The maximum atomic E-state index is 14.4. The quantitative estimate of drug-likeness (QED) is 0.744. The second-order valence-electron chi connectivity index (χ2n) is 5.12. The Balaban J connectivity index is 1.85. The number of hydrogen-bond acceptors (Lipinski definition) is 3. The minimum atomic E-state index is -0.450. The molecule has 0 saturated heterocycles. The summed E-state index contributed by atoms with van der Waals surface area (Å²) in [6.07, 6.45) is 0. The number of ether oxygens (including phenoxy) is 1. The van der Waals surface area contributed by atoms with E-state index in [9.17, 15) is 4.39 Å². The average Bonchev–Trinajstić information content (AvgIpc) is 2.87. The summed E-state index contributed by atoms with van der Waals surface area (Å²) in [5, 5.41) is 4.25. The van der Waals surface area contributed by atoms with Gasteiger partial charge in [0.1, 0.15) is 12.4 Å². The predicted molar refractivity (Wildman–Crippen MR) is 91.5 cm³/mol. The third kappa shape index (κ3) is 3.37. The molecule has 0 fully saturated rings. The van der Waals surface area contributed by atoms with Crippen LogP contribution in [0.15, 0.2) is 53.0 Å². The normalized spacial score (nSPS) is 10.7. The van der Waals surface area contributed by atoms with Gasteiger partial charge in [0.25, 0.3) is 0 Å². The van der Waals surface area contributed by atoms with Crippen molar-refractivity contribution in [3.63, 3.8) is 0 Å². The maximum Gasteiger partial charge on any atom is 0.169 e. The fourth-order valence-corrected chi connectivity index (χ4v) is 2.75. The molecule has 118 valence electrons. The number of rotatable bonds is 4. The molecule has 2 aromatic carbocycles. The first-order valence-corrected chi connectivity index (χ1v) is 7.79. The number of nitrogens with two attached hydrogens (primary N) is 1. The van der Waals surface area contributed by atoms with E-state index in [1.165, 1.54) is 6.07 Å². The Morgan fingerprint density at radius 3 is 2.57 bits per heavy atom. The van der Waals surface area contributed by atoms with Crippen molar-refractivity contribution in [1.82, 2.24) is 9.78 Å². The molecular weight excluding hydrogens is 361 g/mol. The van der Waals surface area contributed by atoms with Gasteiger partial charge >= 0.3 is 0 Å². The molecule has 1 heterocycles. The molecule has 2 N–H and O–H groups in total. The van der Waals surface area contributed by atoms with Crippen LogP contribution in [0.5, 0.6) is 5.75 Å². The zero-order valence-corrected chi connectivity index (χ0v) is 14.0. The molecule has 0 amide bonds. The zero-order chi connectivity index (χ0) is 16.4. The minimum absolute atomic E-state index is 0.182. The fraction of sp³-hybridized carbons (Fsp3) is 0.118. The van der Waals surface area contributed by atoms with Crippen molar-refractivity contribution in [1.29, 1.82) is 0 Å². The summed E-state index contributed by atoms with van der Waals surface area (Å²) < 4.78 is 22.1. The molecule has 0 aliphatic heterocycles. The zero-order valence-electron chi connectivity index (χ0n) is 12.5. The second-order valence-corrected chi connectivity index (χ2v) is 5.98. The van der Waals surface area contributed by atoms with E-state index in [2.05, 4.69) is 21.0 Å². The van der Waals surface area contributed by atoms with Gasteiger partial charge in [-0.15, -0.1) is 0 Å². The van der Waals surface area contributed by atoms with Crippen molar-refractivity contribution >= 4 is 21.7 Å². The molecular formula is C17H15BrFN3O. The van der Waals surface area contributed by atoms with Crippen LogP contribution in [0, 0.1) is 5.82 Å². The summed E-state index contributed by atoms with van der Waals surface area (Å²) in [7, 11) is 1.74. The lowest BCUT2D eigenvalue weighted by Crippen LogP contribution is -1.99. The van der Waals surface area contributed by atoms with Gasteiger partial charge in [0.05, 0.1) is 10.2 Å². The molecule has 0 saturated carbocycles. The lowest BCUT2D eigenvalue weighted by atomic mass is 10.1. The lowest BCUT2D eigenvalue weighted by Gasteiger charge is -2.10. The maximum absolute atomic E-state index is 14.4. The first-order valence-electron chi connectivity index (χ1n) is 7.00. The van der Waals surface area contributed by atoms with Gasteiger partial charge in [-0.3, -0.25) is 4.68 Å². The van der Waals surface area contributed by atoms with Gasteiger partial charge < -0.3 is 10.5 Å². The minimum Gasteiger partial charge on any atom is -0.485 e. The highest BCUT2D eigenvalue weighted by atomic mass is 79.9. The van der Waals surface area contributed by atoms with Crippen LogP contribution in [0.4, 0.5) is 10.2 Å². The summed E-state index contributed by atoms with van der Waals surface area (Å²) in [4.78, 5) is 0. The summed E-state index contributed by atoms with van der Waals surface area (Å²) in [5.74, 6) is 0.247. The van der Waals surface area contributed by atoms with Crippen molar-refractivity contribution in [2.24, 2.45) is 7.05 Å². The van der Waals surface area contributed by atoms with Crippen LogP contribution in [0.3, 0.4) is 0 Å². The summed E-state index contributed by atoms with van der Waals surface area (Å²) >= 11 is 3.36. The van der Waals surface area contributed by atoms with Crippen LogP contribution in [0.1, 0.15) is 5.56 Å². The van der Waals surface area contributed by atoms with E-state index in [0.29, 0.717) is 28.2 Å². The van der Waals surface area contributed by atoms with Crippen LogP contribution < -0.4 is 10.5 Å². The number of aromatic nitrogens is 2. The van der Waals surface area contributed by atoms with E-state index in [1.807, 2.05) is 30.3 Å². The molecule has 0 aliphatic carbocycles. The number of anilines is 1. The molecule has 0 radical (unpaired) electrons. The molecule has 0 bridgehead atoms. The second kappa shape index (κ2) is 6.42. The number of aryl methyl sites for hydroxylation is 1. The first kappa shape index (κ1) is 15.6. The highest BCUT2D eigenvalue weighted by Crippen LogP contribution is 2.34. The monoisotopic (exact) mass is 375 g/mol. The Morgan fingerprint density at radius 1 is 1.22 bits per heavy atom. The standard InChI is InChI=1S/C17H15BrFN3O/c1-22-16(20)9-15(21-22)12-7-13(18)17(14(19)8-12)23-10-11-5-3-2-4-6-11/h2-9H,10,20H2,1H3. The number of hydrogen-bond donors (Lipinski definition) is 1. The number of nitrogen functional groups attached to an aromatic ring is 1. The molecule has 23 heavy (non-hydrogen) atoms. The lowest BCUT2D eigenvalue weighted by molar-refractivity contribution is 0.288. The average molecular weight is 376 g/mol. The molecule has 0 atom stereocenters. The van der Waals surface area contributed by atoms with Gasteiger partial charge in [-0.25, -0.2) is 4.39 Å². The van der Waals surface area contributed by atoms with Gasteiger partial charge in [0.15, 0.2) is 11.6 Å². The van der Waals surface area contributed by atoms with Crippen LogP contribution in [0.2, 0.25) is 0 Å². The van der Waals surface area contributed by atoms with E-state index < -0.39 is 5.82 Å². The molecule has 0 aliphatic rings. The van der Waals surface area contributed by atoms with Gasteiger partial charge in [-0.05, 0) is 33.6 Å². The number of benzene rings is 2. The summed E-state index contributed by atoms with van der Waals surface area (Å²) in [5.41, 5.74) is 7.98. The Hall–Kier alpha value is -2.34. The van der Waals surface area contributed by atoms with Gasteiger partial charge in [0, 0.05) is 18.7 Å². The third-order valence-electron chi connectivity index (χ3n) is 3.44. The Bertz CT molecular complexity index is 791. The Morgan fingerprint density at radius 2 is 1.96 bits per heavy atom. The van der Waals surface area contributed by atoms with Crippen LogP contribution in [-0.2, 0) is 13.7 Å². The van der Waals surface area contributed by atoms with Crippen molar-refractivity contribution in [3.8, 4) is 17.0 Å². The number of nitrogens with zero attached hydrogens (tertiary/aromatic N) is 2. The molecule has 3 rings (SSSR count). The highest BCUT2D eigenvalue weighted by molar-refractivity contribution is 9.10. The van der Waals surface area contributed by atoms with Gasteiger partial charge in [0.2, 0.25) is 0 Å². The predicted octanol–water partition coefficient (Wildman–Crippen LogP) is 4.15. The van der Waals surface area contributed by atoms with Crippen molar-refractivity contribution in [3.05, 3.63) is 64.4 Å². The highest BCUT2D eigenvalue weighted by Gasteiger charge is 2.14. The molecule has 4 nitrogen and oxygen atoms in total. The molecule has 1 aromatic heterocycles. The van der Waals surface area contributed by atoms with Gasteiger partial charge in [-0.1, -0.05) is 30.3 Å². The van der Waals surface area contributed by atoms with E-state index in [4.69, 9.17) is 10.5 Å². The summed E-state index contributed by atoms with van der Waals surface area (Å²) in [6, 6.07) is 14.5. The molecule has 6 heteroatoms. The first-order chi connectivity index (χ1) is 11.0. The summed E-state index contributed by atoms with van der Waals surface area (Å²) in [6.45, 7) is 0.298. The van der Waals surface area contributed by atoms with Crippen LogP contribution in [0.25, 0.3) is 11.3 Å². The van der Waals surface area contributed by atoms with E-state index >= 15 is 0 Å². The van der Waals surface area contributed by atoms with Gasteiger partial charge in [-0.2, -0.15) is 5.10 Å². The van der Waals surface area contributed by atoms with Crippen LogP contribution >= 0.6 is 15.9 Å². The Kier molecular flexibility index (Phi) is 4.34. The third-order valence-corrected chi connectivity index (χ3v) is 4.03. The van der Waals surface area contributed by atoms with Crippen molar-refractivity contribution < 1.29 is 9.13 Å². The SMILES string of the molecule is Cn1nc(-c2cc(F)c(OCc3ccccc3)c(Br)c2)cc1N. The van der Waals surface area contributed by atoms with E-state index in [1.54, 1.807) is 23.9 Å². The fourth-order valence-electron chi connectivity index (χ4n) is 2.20. The largest absolute Gasteiger partial charge is 0.485 e. The molecule has 0 spiro atoms. The van der Waals surface area contributed by atoms with Crippen molar-refractivity contribution in [2.45, 2.75) is 6.61 Å². The molecule has 0 unspecified atom stereocenters. The number of halogens is 2. The topological polar surface area (TPSA) is 53.1 Å². The van der Waals surface area contributed by atoms with Crippen molar-refractivity contribution in [2.75, 3.05) is 5.73 Å².